The van der Waals surface area contributed by atoms with Gasteiger partial charge in [-0.15, -0.1) is 21.5 Å². The number of rotatable bonds is 6. The van der Waals surface area contributed by atoms with Crippen molar-refractivity contribution in [2.75, 3.05) is 5.32 Å². The van der Waals surface area contributed by atoms with Gasteiger partial charge in [0.15, 0.2) is 0 Å². The summed E-state index contributed by atoms with van der Waals surface area (Å²) in [7, 11) is 0. The highest BCUT2D eigenvalue weighted by molar-refractivity contribution is 7.17. The van der Waals surface area contributed by atoms with Crippen LogP contribution in [0.5, 0.6) is 0 Å². The molecule has 0 aliphatic heterocycles. The summed E-state index contributed by atoms with van der Waals surface area (Å²) in [5.41, 5.74) is 3.05. The van der Waals surface area contributed by atoms with Gasteiger partial charge in [-0.3, -0.25) is 10.1 Å². The molecule has 1 N–H and O–H groups in total. The van der Waals surface area contributed by atoms with Crippen LogP contribution in [0.25, 0.3) is 10.6 Å². The zero-order valence-corrected chi connectivity index (χ0v) is 17.0. The maximum atomic E-state index is 12.6. The Hall–Kier alpha value is -2.12. The number of nitrogens with one attached hydrogen (secondary N) is 1. The predicted octanol–water partition coefficient (Wildman–Crippen LogP) is 4.98. The van der Waals surface area contributed by atoms with Crippen molar-refractivity contribution < 1.29 is 4.79 Å². The molecule has 0 radical (unpaired) electrons. The normalized spacial score (nSPS) is 11.1. The Labute approximate surface area is 161 Å². The summed E-state index contributed by atoms with van der Waals surface area (Å²) < 4.78 is 0. The molecule has 2 aromatic heterocycles. The second kappa shape index (κ2) is 8.05. The van der Waals surface area contributed by atoms with Gasteiger partial charge < -0.3 is 0 Å². The quantitative estimate of drug-likeness (QED) is 0.648. The highest BCUT2D eigenvalue weighted by atomic mass is 32.1. The van der Waals surface area contributed by atoms with Gasteiger partial charge in [-0.25, -0.2) is 4.98 Å². The first kappa shape index (κ1) is 18.7. The first-order chi connectivity index (χ1) is 12.5. The molecular formula is C19H22N4OS2. The fourth-order valence-corrected chi connectivity index (χ4v) is 4.42. The first-order valence-electron chi connectivity index (χ1n) is 8.66. The minimum Gasteiger partial charge on any atom is -0.296 e. The van der Waals surface area contributed by atoms with Crippen LogP contribution in [0.4, 0.5) is 5.13 Å². The number of hydrogen-bond donors (Lipinski definition) is 1. The molecule has 7 heteroatoms. The Morgan fingerprint density at radius 3 is 2.54 bits per heavy atom. The van der Waals surface area contributed by atoms with E-state index in [4.69, 9.17) is 0 Å². The van der Waals surface area contributed by atoms with Crippen LogP contribution in [0.15, 0.2) is 24.3 Å². The average Bonchev–Trinajstić information content (AvgIpc) is 3.21. The number of amides is 1. The molecule has 1 aromatic carbocycles. The number of anilines is 1. The molecule has 0 aliphatic carbocycles. The molecule has 0 bridgehead atoms. The van der Waals surface area contributed by atoms with E-state index in [-0.39, 0.29) is 5.91 Å². The van der Waals surface area contributed by atoms with Crippen molar-refractivity contribution in [2.45, 2.75) is 40.5 Å². The highest BCUT2D eigenvalue weighted by Gasteiger charge is 2.18. The van der Waals surface area contributed by atoms with Crippen LogP contribution < -0.4 is 5.32 Å². The van der Waals surface area contributed by atoms with E-state index < -0.39 is 0 Å². The number of aryl methyl sites for hydroxylation is 2. The van der Waals surface area contributed by atoms with Gasteiger partial charge in [-0.05, 0) is 24.8 Å². The molecule has 1 amide bonds. The zero-order valence-electron chi connectivity index (χ0n) is 15.4. The minimum absolute atomic E-state index is 0.177. The SMILES string of the molecule is CCc1ccc(-c2nc(C)c(C(=O)Nc3nnc(CC(C)C)s3)s2)cc1. The molecule has 0 atom stereocenters. The van der Waals surface area contributed by atoms with Gasteiger partial charge >= 0.3 is 0 Å². The molecule has 2 heterocycles. The van der Waals surface area contributed by atoms with Gasteiger partial charge in [-0.1, -0.05) is 56.4 Å². The Bertz CT molecular complexity index is 897. The first-order valence-corrected chi connectivity index (χ1v) is 10.3. The summed E-state index contributed by atoms with van der Waals surface area (Å²) in [4.78, 5) is 17.8. The summed E-state index contributed by atoms with van der Waals surface area (Å²) in [5, 5.41) is 13.4. The summed E-state index contributed by atoms with van der Waals surface area (Å²) in [5.74, 6) is 0.334. The molecule has 0 saturated carbocycles. The third-order valence-corrected chi connectivity index (χ3v) is 5.95. The Balaban J connectivity index is 1.75. The molecule has 0 unspecified atom stereocenters. The number of thiazole rings is 1. The summed E-state index contributed by atoms with van der Waals surface area (Å²) in [6.45, 7) is 8.26. The van der Waals surface area contributed by atoms with E-state index in [0.29, 0.717) is 15.9 Å². The highest BCUT2D eigenvalue weighted by Crippen LogP contribution is 2.29. The van der Waals surface area contributed by atoms with Crippen LogP contribution in [-0.4, -0.2) is 21.1 Å². The van der Waals surface area contributed by atoms with Gasteiger partial charge in [0.1, 0.15) is 14.9 Å². The second-order valence-corrected chi connectivity index (χ2v) is 8.60. The molecule has 136 valence electrons. The summed E-state index contributed by atoms with van der Waals surface area (Å²) in [6, 6.07) is 8.32. The van der Waals surface area contributed by atoms with Crippen molar-refractivity contribution in [3.05, 3.63) is 45.4 Å². The lowest BCUT2D eigenvalue weighted by atomic mass is 10.1. The molecular weight excluding hydrogens is 364 g/mol. The van der Waals surface area contributed by atoms with Crippen molar-refractivity contribution in [3.8, 4) is 10.6 Å². The Morgan fingerprint density at radius 1 is 1.15 bits per heavy atom. The van der Waals surface area contributed by atoms with Crippen molar-refractivity contribution in [2.24, 2.45) is 5.92 Å². The number of carbonyl (C=O) groups excluding carboxylic acids is 1. The van der Waals surface area contributed by atoms with Crippen LogP contribution in [0.3, 0.4) is 0 Å². The lowest BCUT2D eigenvalue weighted by Gasteiger charge is -1.99. The molecule has 3 aromatic rings. The van der Waals surface area contributed by atoms with E-state index in [1.165, 1.54) is 28.2 Å². The number of benzene rings is 1. The molecule has 26 heavy (non-hydrogen) atoms. The topological polar surface area (TPSA) is 67.8 Å². The molecule has 0 spiro atoms. The van der Waals surface area contributed by atoms with Crippen LogP contribution in [0, 0.1) is 12.8 Å². The third kappa shape index (κ3) is 4.34. The molecule has 0 saturated heterocycles. The van der Waals surface area contributed by atoms with Crippen LogP contribution in [0.1, 0.15) is 46.7 Å². The van der Waals surface area contributed by atoms with E-state index >= 15 is 0 Å². The Kier molecular flexibility index (Phi) is 5.78. The van der Waals surface area contributed by atoms with E-state index in [2.05, 4.69) is 65.5 Å². The number of hydrogen-bond acceptors (Lipinski definition) is 6. The van der Waals surface area contributed by atoms with Gasteiger partial charge in [-0.2, -0.15) is 0 Å². The fraction of sp³-hybridized carbons (Fsp3) is 0.368. The maximum absolute atomic E-state index is 12.6. The smallest absolute Gasteiger partial charge is 0.269 e. The lowest BCUT2D eigenvalue weighted by molar-refractivity contribution is 0.102. The van der Waals surface area contributed by atoms with Crippen molar-refractivity contribution in [3.63, 3.8) is 0 Å². The van der Waals surface area contributed by atoms with E-state index in [1.807, 2.05) is 6.92 Å². The number of carbonyl (C=O) groups is 1. The number of aromatic nitrogens is 3. The lowest BCUT2D eigenvalue weighted by Crippen LogP contribution is -2.11. The van der Waals surface area contributed by atoms with Gasteiger partial charge in [0.2, 0.25) is 5.13 Å². The summed E-state index contributed by atoms with van der Waals surface area (Å²) in [6.07, 6.45) is 1.87. The summed E-state index contributed by atoms with van der Waals surface area (Å²) >= 11 is 2.83. The predicted molar refractivity (Wildman–Crippen MR) is 108 cm³/mol. The Morgan fingerprint density at radius 2 is 1.88 bits per heavy atom. The van der Waals surface area contributed by atoms with E-state index in [9.17, 15) is 4.79 Å². The van der Waals surface area contributed by atoms with Gasteiger partial charge in [0.25, 0.3) is 5.91 Å². The van der Waals surface area contributed by atoms with Crippen LogP contribution in [-0.2, 0) is 12.8 Å². The van der Waals surface area contributed by atoms with Gasteiger partial charge in [0.05, 0.1) is 5.69 Å². The molecule has 0 aliphatic rings. The monoisotopic (exact) mass is 386 g/mol. The van der Waals surface area contributed by atoms with Crippen LogP contribution in [0.2, 0.25) is 0 Å². The second-order valence-electron chi connectivity index (χ2n) is 6.54. The minimum atomic E-state index is -0.177. The molecule has 5 nitrogen and oxygen atoms in total. The number of nitrogens with zero attached hydrogens (tertiary/aromatic N) is 3. The zero-order chi connectivity index (χ0) is 18.7. The van der Waals surface area contributed by atoms with Gasteiger partial charge in [0, 0.05) is 12.0 Å². The largest absolute Gasteiger partial charge is 0.296 e. The third-order valence-electron chi connectivity index (χ3n) is 3.88. The van der Waals surface area contributed by atoms with Crippen molar-refractivity contribution in [1.82, 2.24) is 15.2 Å². The maximum Gasteiger partial charge on any atom is 0.269 e. The van der Waals surface area contributed by atoms with Crippen molar-refractivity contribution in [1.29, 1.82) is 0 Å². The average molecular weight is 387 g/mol. The van der Waals surface area contributed by atoms with E-state index in [1.54, 1.807) is 0 Å². The van der Waals surface area contributed by atoms with Crippen molar-refractivity contribution >= 4 is 33.7 Å². The fourth-order valence-electron chi connectivity index (χ4n) is 2.50. The van der Waals surface area contributed by atoms with E-state index in [0.717, 1.165) is 34.1 Å². The standard InChI is InChI=1S/C19H22N4OS2/c1-5-13-6-8-14(9-7-13)18-20-12(4)16(26-18)17(24)21-19-23-22-15(25-19)10-11(2)3/h6-9,11H,5,10H2,1-4H3,(H,21,23,24). The van der Waals surface area contributed by atoms with Crippen LogP contribution >= 0.6 is 22.7 Å². The molecule has 3 rings (SSSR count). The molecule has 0 fully saturated rings.